The zero-order chi connectivity index (χ0) is 12.8. The van der Waals surface area contributed by atoms with E-state index in [1.54, 1.807) is 0 Å². The number of unbranched alkanes of at least 4 members (excludes halogenated alkanes) is 9. The number of amides is 1. The first-order chi connectivity index (χ1) is 8.27. The SMILES string of the molecule is Cl.NCCCCCCCCCCCCNC(=O)O. The Labute approximate surface area is 117 Å². The summed E-state index contributed by atoms with van der Waals surface area (Å²) in [5, 5.41) is 10.7. The average molecular weight is 281 g/mol. The van der Waals surface area contributed by atoms with E-state index < -0.39 is 6.09 Å². The third kappa shape index (κ3) is 17.9. The van der Waals surface area contributed by atoms with Crippen LogP contribution in [0.4, 0.5) is 4.79 Å². The minimum absolute atomic E-state index is 0. The smallest absolute Gasteiger partial charge is 0.404 e. The monoisotopic (exact) mass is 280 g/mol. The molecule has 4 N–H and O–H groups in total. The van der Waals surface area contributed by atoms with E-state index in [1.807, 2.05) is 0 Å². The summed E-state index contributed by atoms with van der Waals surface area (Å²) < 4.78 is 0. The minimum Gasteiger partial charge on any atom is -0.465 e. The zero-order valence-corrected chi connectivity index (χ0v) is 12.1. The molecule has 0 fully saturated rings. The van der Waals surface area contributed by atoms with Gasteiger partial charge in [0.05, 0.1) is 0 Å². The van der Waals surface area contributed by atoms with Gasteiger partial charge in [0.25, 0.3) is 0 Å². The van der Waals surface area contributed by atoms with Crippen LogP contribution < -0.4 is 11.1 Å². The number of rotatable bonds is 12. The van der Waals surface area contributed by atoms with Crippen LogP contribution in [0.3, 0.4) is 0 Å². The second-order valence-corrected chi connectivity index (χ2v) is 4.56. The molecule has 0 spiro atoms. The van der Waals surface area contributed by atoms with E-state index in [0.29, 0.717) is 6.54 Å². The summed E-state index contributed by atoms with van der Waals surface area (Å²) in [6.07, 6.45) is 11.4. The minimum atomic E-state index is -0.914. The molecule has 0 atom stereocenters. The fraction of sp³-hybridized carbons (Fsp3) is 0.923. The van der Waals surface area contributed by atoms with Crippen molar-refractivity contribution >= 4 is 18.5 Å². The van der Waals surface area contributed by atoms with Gasteiger partial charge in [0.1, 0.15) is 0 Å². The average Bonchev–Trinajstić information content (AvgIpc) is 2.30. The molecule has 0 aliphatic heterocycles. The van der Waals surface area contributed by atoms with E-state index in [2.05, 4.69) is 5.32 Å². The second-order valence-electron chi connectivity index (χ2n) is 4.56. The molecule has 0 unspecified atom stereocenters. The lowest BCUT2D eigenvalue weighted by molar-refractivity contribution is 0.194. The summed E-state index contributed by atoms with van der Waals surface area (Å²) in [5.74, 6) is 0. The maximum atomic E-state index is 10.2. The van der Waals surface area contributed by atoms with E-state index in [4.69, 9.17) is 10.8 Å². The van der Waals surface area contributed by atoms with Crippen LogP contribution in [0.1, 0.15) is 64.2 Å². The van der Waals surface area contributed by atoms with Crippen molar-refractivity contribution in [1.82, 2.24) is 5.32 Å². The molecule has 5 heteroatoms. The van der Waals surface area contributed by atoms with Gasteiger partial charge in [-0.1, -0.05) is 51.4 Å². The van der Waals surface area contributed by atoms with Gasteiger partial charge in [-0.05, 0) is 19.4 Å². The molecule has 18 heavy (non-hydrogen) atoms. The quantitative estimate of drug-likeness (QED) is 0.479. The summed E-state index contributed by atoms with van der Waals surface area (Å²) in [6.45, 7) is 1.42. The summed E-state index contributed by atoms with van der Waals surface area (Å²) in [7, 11) is 0. The van der Waals surface area contributed by atoms with Gasteiger partial charge in [-0.3, -0.25) is 0 Å². The first-order valence-electron chi connectivity index (χ1n) is 6.94. The summed E-state index contributed by atoms with van der Waals surface area (Å²) in [6, 6.07) is 0. The fourth-order valence-corrected chi connectivity index (χ4v) is 1.88. The predicted molar refractivity (Wildman–Crippen MR) is 78.5 cm³/mol. The largest absolute Gasteiger partial charge is 0.465 e. The van der Waals surface area contributed by atoms with Crippen molar-refractivity contribution in [2.45, 2.75) is 64.2 Å². The Bertz CT molecular complexity index is 180. The number of nitrogens with one attached hydrogen (secondary N) is 1. The van der Waals surface area contributed by atoms with E-state index in [-0.39, 0.29) is 12.4 Å². The van der Waals surface area contributed by atoms with Crippen molar-refractivity contribution < 1.29 is 9.90 Å². The third-order valence-electron chi connectivity index (χ3n) is 2.91. The normalized spacial score (nSPS) is 9.83. The molecule has 0 heterocycles. The van der Waals surface area contributed by atoms with Crippen molar-refractivity contribution in [2.75, 3.05) is 13.1 Å². The first-order valence-corrected chi connectivity index (χ1v) is 6.94. The maximum Gasteiger partial charge on any atom is 0.404 e. The van der Waals surface area contributed by atoms with Gasteiger partial charge in [0, 0.05) is 6.54 Å². The Kier molecular flexibility index (Phi) is 18.2. The molecule has 0 radical (unpaired) electrons. The lowest BCUT2D eigenvalue weighted by Crippen LogP contribution is -2.21. The molecule has 0 aliphatic carbocycles. The van der Waals surface area contributed by atoms with Crippen LogP contribution in [0.25, 0.3) is 0 Å². The maximum absolute atomic E-state index is 10.2. The highest BCUT2D eigenvalue weighted by atomic mass is 35.5. The summed E-state index contributed by atoms with van der Waals surface area (Å²) in [4.78, 5) is 10.2. The molecule has 0 aromatic heterocycles. The van der Waals surface area contributed by atoms with Gasteiger partial charge in [-0.2, -0.15) is 0 Å². The highest BCUT2D eigenvalue weighted by Gasteiger charge is 1.94. The van der Waals surface area contributed by atoms with Crippen LogP contribution in [0.2, 0.25) is 0 Å². The number of hydrogen-bond donors (Lipinski definition) is 3. The fourth-order valence-electron chi connectivity index (χ4n) is 1.88. The Balaban J connectivity index is 0. The highest BCUT2D eigenvalue weighted by Crippen LogP contribution is 2.10. The standard InChI is InChI=1S/C13H28N2O2.ClH/c14-11-9-7-5-3-1-2-4-6-8-10-12-15-13(16)17;/h15H,1-12,14H2,(H,16,17);1H. The number of nitrogens with two attached hydrogens (primary N) is 1. The number of hydrogen-bond acceptors (Lipinski definition) is 2. The topological polar surface area (TPSA) is 75.3 Å². The van der Waals surface area contributed by atoms with Crippen LogP contribution in [0.15, 0.2) is 0 Å². The molecular weight excluding hydrogens is 252 g/mol. The second kappa shape index (κ2) is 16.5. The molecule has 0 saturated heterocycles. The Morgan fingerprint density at radius 2 is 1.22 bits per heavy atom. The van der Waals surface area contributed by atoms with Gasteiger partial charge < -0.3 is 16.2 Å². The lowest BCUT2D eigenvalue weighted by atomic mass is 10.1. The highest BCUT2D eigenvalue weighted by molar-refractivity contribution is 5.85. The Morgan fingerprint density at radius 1 is 0.833 bits per heavy atom. The van der Waals surface area contributed by atoms with Gasteiger partial charge in [0.15, 0.2) is 0 Å². The van der Waals surface area contributed by atoms with Crippen LogP contribution in [-0.4, -0.2) is 24.3 Å². The van der Waals surface area contributed by atoms with E-state index in [9.17, 15) is 4.79 Å². The van der Waals surface area contributed by atoms with Gasteiger partial charge in [0.2, 0.25) is 0 Å². The molecule has 110 valence electrons. The first kappa shape index (κ1) is 19.9. The zero-order valence-electron chi connectivity index (χ0n) is 11.3. The third-order valence-corrected chi connectivity index (χ3v) is 2.91. The van der Waals surface area contributed by atoms with Crippen LogP contribution in [0, 0.1) is 0 Å². The predicted octanol–water partition coefficient (Wildman–Crippen LogP) is 3.54. The summed E-state index contributed by atoms with van der Waals surface area (Å²) >= 11 is 0. The molecule has 0 saturated carbocycles. The molecule has 0 aromatic carbocycles. The Hall–Kier alpha value is -0.480. The van der Waals surface area contributed by atoms with Crippen molar-refractivity contribution in [2.24, 2.45) is 5.73 Å². The molecule has 0 bridgehead atoms. The van der Waals surface area contributed by atoms with Crippen molar-refractivity contribution in [3.63, 3.8) is 0 Å². The van der Waals surface area contributed by atoms with Gasteiger partial charge in [-0.15, -0.1) is 12.4 Å². The van der Waals surface area contributed by atoms with Crippen molar-refractivity contribution in [3.05, 3.63) is 0 Å². The van der Waals surface area contributed by atoms with Gasteiger partial charge in [-0.25, -0.2) is 4.79 Å². The Morgan fingerprint density at radius 3 is 1.61 bits per heavy atom. The molecule has 0 aromatic rings. The van der Waals surface area contributed by atoms with Crippen LogP contribution in [-0.2, 0) is 0 Å². The summed E-state index contributed by atoms with van der Waals surface area (Å²) in [5.41, 5.74) is 5.43. The van der Waals surface area contributed by atoms with Gasteiger partial charge >= 0.3 is 6.09 Å². The number of carbonyl (C=O) groups is 1. The molecule has 0 rings (SSSR count). The number of halogens is 1. The molecule has 0 aliphatic rings. The number of carboxylic acid groups (broad SMARTS) is 1. The van der Waals surface area contributed by atoms with Crippen LogP contribution in [0.5, 0.6) is 0 Å². The van der Waals surface area contributed by atoms with E-state index in [1.165, 1.54) is 44.9 Å². The van der Waals surface area contributed by atoms with E-state index in [0.717, 1.165) is 25.8 Å². The lowest BCUT2D eigenvalue weighted by Gasteiger charge is -2.02. The molecule has 4 nitrogen and oxygen atoms in total. The van der Waals surface area contributed by atoms with Crippen molar-refractivity contribution in [1.29, 1.82) is 0 Å². The molecule has 1 amide bonds. The van der Waals surface area contributed by atoms with Crippen molar-refractivity contribution in [3.8, 4) is 0 Å². The molecular formula is C13H29ClN2O2. The van der Waals surface area contributed by atoms with E-state index >= 15 is 0 Å². The van der Waals surface area contributed by atoms with Crippen LogP contribution >= 0.6 is 12.4 Å².